The zero-order valence-corrected chi connectivity index (χ0v) is 26.1. The van der Waals surface area contributed by atoms with Gasteiger partial charge in [-0.25, -0.2) is 9.59 Å². The molecule has 5 rings (SSSR count). The molecule has 5 aromatic rings. The predicted molar refractivity (Wildman–Crippen MR) is 175 cm³/mol. The summed E-state index contributed by atoms with van der Waals surface area (Å²) in [5.74, 6) is 0.155. The van der Waals surface area contributed by atoms with Gasteiger partial charge in [0.15, 0.2) is 0 Å². The number of ether oxygens (including phenoxy) is 2. The Bertz CT molecular complexity index is 1740. The van der Waals surface area contributed by atoms with Gasteiger partial charge in [-0.3, -0.25) is 5.32 Å². The molecule has 3 N–H and O–H groups in total. The van der Waals surface area contributed by atoms with Gasteiger partial charge in [0, 0.05) is 55.5 Å². The van der Waals surface area contributed by atoms with Crippen LogP contribution in [-0.4, -0.2) is 72.0 Å². The van der Waals surface area contributed by atoms with Gasteiger partial charge in [0.05, 0.1) is 30.3 Å². The number of aryl methyl sites for hydroxylation is 1. The average Bonchev–Trinajstić information content (AvgIpc) is 3.34. The van der Waals surface area contributed by atoms with Crippen molar-refractivity contribution in [3.05, 3.63) is 108 Å². The molecule has 2 heterocycles. The molecule has 0 aliphatic carbocycles. The van der Waals surface area contributed by atoms with Crippen molar-refractivity contribution in [1.29, 1.82) is 0 Å². The summed E-state index contributed by atoms with van der Waals surface area (Å²) in [6.45, 7) is 3.63. The summed E-state index contributed by atoms with van der Waals surface area (Å²) in [6, 6.07) is 23.1. The highest BCUT2D eigenvalue weighted by atomic mass is 16.6. The number of benzene rings is 3. The summed E-state index contributed by atoms with van der Waals surface area (Å²) >= 11 is 0. The lowest BCUT2D eigenvalue weighted by atomic mass is 10.1. The molecule has 3 aromatic carbocycles. The van der Waals surface area contributed by atoms with E-state index in [0.717, 1.165) is 40.9 Å². The Morgan fingerprint density at radius 3 is 2.40 bits per heavy atom. The number of rotatable bonds is 10. The van der Waals surface area contributed by atoms with Crippen LogP contribution in [0.3, 0.4) is 0 Å². The van der Waals surface area contributed by atoms with Gasteiger partial charge < -0.3 is 29.4 Å². The van der Waals surface area contributed by atoms with Gasteiger partial charge in [0.2, 0.25) is 0 Å². The number of amides is 1. The number of likely N-dealkylation sites (N-methyl/N-ethyl adjacent to an activating group) is 1. The molecule has 0 atom stereocenters. The van der Waals surface area contributed by atoms with Gasteiger partial charge in [0.25, 0.3) is 0 Å². The van der Waals surface area contributed by atoms with Crippen molar-refractivity contribution < 1.29 is 24.2 Å². The zero-order chi connectivity index (χ0) is 32.3. The highest BCUT2D eigenvalue weighted by Gasteiger charge is 2.13. The average molecular weight is 611 g/mol. The van der Waals surface area contributed by atoms with Crippen LogP contribution in [0.4, 0.5) is 16.2 Å². The third kappa shape index (κ3) is 9.28. The lowest BCUT2D eigenvalue weighted by molar-refractivity contribution is 0.0697. The number of carboxylic acids is 1. The summed E-state index contributed by atoms with van der Waals surface area (Å²) in [5.41, 5.74) is 6.32. The number of nitrogens with zero attached hydrogens (tertiary/aromatic N) is 4. The summed E-state index contributed by atoms with van der Waals surface area (Å²) in [4.78, 5) is 30.4. The summed E-state index contributed by atoms with van der Waals surface area (Å²) in [7, 11) is 7.63. The van der Waals surface area contributed by atoms with E-state index in [-0.39, 0.29) is 0 Å². The number of carbonyl (C=O) groups is 2. The maximum absolute atomic E-state index is 12.5. The molecule has 234 valence electrons. The van der Waals surface area contributed by atoms with Gasteiger partial charge >= 0.3 is 12.1 Å². The second kappa shape index (κ2) is 15.3. The Balaban J connectivity index is 0.000000440. The predicted octanol–water partition coefficient (Wildman–Crippen LogP) is 6.01. The van der Waals surface area contributed by atoms with Crippen molar-refractivity contribution in [2.45, 2.75) is 19.9 Å². The van der Waals surface area contributed by atoms with Crippen LogP contribution in [0.1, 0.15) is 27.3 Å². The second-order valence-corrected chi connectivity index (χ2v) is 10.6. The van der Waals surface area contributed by atoms with E-state index in [0.29, 0.717) is 29.3 Å². The zero-order valence-electron chi connectivity index (χ0n) is 26.1. The van der Waals surface area contributed by atoms with E-state index in [1.54, 1.807) is 67.9 Å². The van der Waals surface area contributed by atoms with Crippen LogP contribution in [0.2, 0.25) is 0 Å². The van der Waals surface area contributed by atoms with E-state index in [9.17, 15) is 9.59 Å². The fourth-order valence-corrected chi connectivity index (χ4v) is 4.66. The van der Waals surface area contributed by atoms with Gasteiger partial charge in [-0.1, -0.05) is 24.3 Å². The van der Waals surface area contributed by atoms with Crippen molar-refractivity contribution in [3.63, 3.8) is 0 Å². The number of aromatic nitrogens is 3. The van der Waals surface area contributed by atoms with E-state index >= 15 is 0 Å². The number of aromatic carboxylic acids is 1. The van der Waals surface area contributed by atoms with E-state index < -0.39 is 12.1 Å². The molecule has 0 aliphatic rings. The number of hydrogen-bond acceptors (Lipinski definition) is 8. The number of anilines is 2. The third-order valence-electron chi connectivity index (χ3n) is 7.02. The van der Waals surface area contributed by atoms with Crippen LogP contribution in [0, 0.1) is 6.92 Å². The summed E-state index contributed by atoms with van der Waals surface area (Å²) < 4.78 is 10.6. The van der Waals surface area contributed by atoms with Crippen LogP contribution in [-0.2, 0) is 13.0 Å². The second-order valence-electron chi connectivity index (χ2n) is 10.6. The molecule has 0 radical (unpaired) electrons. The van der Waals surface area contributed by atoms with Crippen LogP contribution in [0.25, 0.3) is 10.9 Å². The monoisotopic (exact) mass is 610 g/mol. The molecule has 0 fully saturated rings. The minimum Gasteiger partial charge on any atom is -0.497 e. The minimum atomic E-state index is -0.879. The van der Waals surface area contributed by atoms with E-state index in [1.807, 2.05) is 37.2 Å². The number of aromatic amines is 1. The number of methoxy groups -OCH3 is 1. The number of H-pyrrole nitrogens is 1. The van der Waals surface area contributed by atoms with Crippen molar-refractivity contribution >= 4 is 34.3 Å². The fraction of sp³-hybridized carbons (Fsp3) is 0.235. The standard InChI is InChI=1S/C27H32N6O3.C7H6O2/c1-18-24(11-12-33(4)17-20-13-21(32(2)3)16-28-31-20)25-14-19(9-10-26(25)29-18)30-27(34)36-23-8-6-7-22(15-23)35-5;8-7(9)6-4-2-1-3-5-6/h6-10,13-16,29H,11-12,17H2,1-5H3,(H,30,34);1-5H,(H,8,9). The molecule has 0 aliphatic heterocycles. The smallest absolute Gasteiger partial charge is 0.417 e. The number of carboxylic acid groups (broad SMARTS) is 1. The Morgan fingerprint density at radius 2 is 1.71 bits per heavy atom. The molecule has 0 unspecified atom stereocenters. The Labute approximate surface area is 262 Å². The highest BCUT2D eigenvalue weighted by molar-refractivity contribution is 5.93. The van der Waals surface area contributed by atoms with Crippen molar-refractivity contribution in [2.75, 3.05) is 45.0 Å². The van der Waals surface area contributed by atoms with Gasteiger partial charge in [-0.05, 0) is 74.5 Å². The molecule has 11 nitrogen and oxygen atoms in total. The van der Waals surface area contributed by atoms with Crippen LogP contribution in [0.5, 0.6) is 11.5 Å². The highest BCUT2D eigenvalue weighted by Crippen LogP contribution is 2.27. The number of hydrogen-bond donors (Lipinski definition) is 3. The number of carbonyl (C=O) groups excluding carboxylic acids is 1. The molecular weight excluding hydrogens is 572 g/mol. The molecule has 1 amide bonds. The van der Waals surface area contributed by atoms with Gasteiger partial charge in [-0.2, -0.15) is 10.2 Å². The molecule has 0 saturated carbocycles. The molecule has 11 heteroatoms. The maximum atomic E-state index is 12.5. The summed E-state index contributed by atoms with van der Waals surface area (Å²) in [5, 5.41) is 20.7. The van der Waals surface area contributed by atoms with Crippen LogP contribution < -0.4 is 19.7 Å². The van der Waals surface area contributed by atoms with Crippen molar-refractivity contribution in [3.8, 4) is 11.5 Å². The van der Waals surface area contributed by atoms with Gasteiger partial charge in [-0.15, -0.1) is 0 Å². The molecule has 0 saturated heterocycles. The van der Waals surface area contributed by atoms with Gasteiger partial charge in [0.1, 0.15) is 11.5 Å². The molecule has 45 heavy (non-hydrogen) atoms. The lowest BCUT2D eigenvalue weighted by Gasteiger charge is -2.17. The largest absolute Gasteiger partial charge is 0.497 e. The lowest BCUT2D eigenvalue weighted by Crippen LogP contribution is -2.22. The van der Waals surface area contributed by atoms with Crippen LogP contribution in [0.15, 0.2) is 85.1 Å². The summed E-state index contributed by atoms with van der Waals surface area (Å²) in [6.07, 6.45) is 2.05. The number of nitrogens with one attached hydrogen (secondary N) is 2. The molecule has 0 bridgehead atoms. The minimum absolute atomic E-state index is 0.331. The number of fused-ring (bicyclic) bond motifs is 1. The van der Waals surface area contributed by atoms with Crippen molar-refractivity contribution in [1.82, 2.24) is 20.1 Å². The Morgan fingerprint density at radius 1 is 0.956 bits per heavy atom. The topological polar surface area (TPSA) is 133 Å². The Hall–Kier alpha value is -5.42. The first-order chi connectivity index (χ1) is 21.6. The van der Waals surface area contributed by atoms with E-state index in [2.05, 4.69) is 45.4 Å². The SMILES string of the molecule is COc1cccc(OC(=O)Nc2ccc3[nH]c(C)c(CCN(C)Cc4cc(N(C)C)cnn4)c3c2)c1.O=C(O)c1ccccc1. The van der Waals surface area contributed by atoms with E-state index in [4.69, 9.17) is 14.6 Å². The first-order valence-electron chi connectivity index (χ1n) is 14.3. The first kappa shape index (κ1) is 32.5. The quantitative estimate of drug-likeness (QED) is 0.174. The molecule has 0 spiro atoms. The first-order valence-corrected chi connectivity index (χ1v) is 14.3. The van der Waals surface area contributed by atoms with E-state index in [1.165, 1.54) is 5.56 Å². The molecular formula is C34H38N6O5. The maximum Gasteiger partial charge on any atom is 0.417 e. The Kier molecular flexibility index (Phi) is 11.1. The molecule has 2 aromatic heterocycles. The third-order valence-corrected chi connectivity index (χ3v) is 7.02. The van der Waals surface area contributed by atoms with Crippen molar-refractivity contribution in [2.24, 2.45) is 0 Å². The normalized spacial score (nSPS) is 10.6. The fourth-order valence-electron chi connectivity index (χ4n) is 4.66. The van der Waals surface area contributed by atoms with Crippen LogP contribution >= 0.6 is 0 Å².